The second-order valence-electron chi connectivity index (χ2n) is 11.1. The van der Waals surface area contributed by atoms with E-state index in [1.807, 2.05) is 24.3 Å². The van der Waals surface area contributed by atoms with Gasteiger partial charge in [0.1, 0.15) is 0 Å². The van der Waals surface area contributed by atoms with Crippen molar-refractivity contribution in [3.63, 3.8) is 0 Å². The second-order valence-corrected chi connectivity index (χ2v) is 11.5. The lowest BCUT2D eigenvalue weighted by Crippen LogP contribution is -2.53. The van der Waals surface area contributed by atoms with Crippen LogP contribution in [0.5, 0.6) is 0 Å². The molecule has 31 heavy (non-hydrogen) atoms. The average Bonchev–Trinajstić information content (AvgIpc) is 3.04. The Hall–Kier alpha value is -0.870. The number of rotatable bonds is 4. The summed E-state index contributed by atoms with van der Waals surface area (Å²) in [4.78, 5) is 0. The van der Waals surface area contributed by atoms with E-state index in [1.165, 1.54) is 12.8 Å². The molecule has 0 aromatic heterocycles. The third-order valence-corrected chi connectivity index (χ3v) is 10.2. The molecule has 3 saturated carbocycles. The molecule has 0 heterocycles. The molecule has 1 aromatic carbocycles. The molecule has 0 amide bonds. The van der Waals surface area contributed by atoms with Crippen LogP contribution in [-0.2, 0) is 10.3 Å². The van der Waals surface area contributed by atoms with Gasteiger partial charge < -0.3 is 14.9 Å². The summed E-state index contributed by atoms with van der Waals surface area (Å²) in [6.45, 7) is 5.41. The number of aliphatic hydroxyl groups excluding tert-OH is 1. The molecular formula is C27H37ClO3. The van der Waals surface area contributed by atoms with Gasteiger partial charge in [0.15, 0.2) is 0 Å². The van der Waals surface area contributed by atoms with Crippen LogP contribution in [-0.4, -0.2) is 29.5 Å². The quantitative estimate of drug-likeness (QED) is 0.571. The van der Waals surface area contributed by atoms with Crippen molar-refractivity contribution in [2.24, 2.45) is 28.6 Å². The highest BCUT2D eigenvalue weighted by Crippen LogP contribution is 2.69. The monoisotopic (exact) mass is 444 g/mol. The molecule has 1 aromatic rings. The normalized spacial score (nSPS) is 44.2. The van der Waals surface area contributed by atoms with Crippen LogP contribution >= 0.6 is 11.6 Å². The molecule has 4 aliphatic carbocycles. The Kier molecular flexibility index (Phi) is 5.57. The lowest BCUT2D eigenvalue weighted by atomic mass is 9.46. The second kappa shape index (κ2) is 7.87. The number of hydrogen-bond acceptors (Lipinski definition) is 3. The Labute approximate surface area is 191 Å². The summed E-state index contributed by atoms with van der Waals surface area (Å²) in [6.07, 6.45) is 11.5. The van der Waals surface area contributed by atoms with Crippen LogP contribution in [0.4, 0.5) is 0 Å². The van der Waals surface area contributed by atoms with E-state index in [2.05, 4.69) is 19.9 Å². The third-order valence-electron chi connectivity index (χ3n) is 9.98. The standard InChI is InChI=1S/C27H37ClO3/c1-25-12-9-21(31-16-15-29)17-19(25)5-8-22-23(25)10-13-26(2)24(22)11-14-27(26,30)18-3-6-20(28)7-4-18/h3-7,21-24,29-30H,8-17H2,1-2H3/t21?,22-,23-,24+,25+,26+,27?/m1/s1. The fourth-order valence-electron chi connectivity index (χ4n) is 8.20. The SMILES string of the molecule is C[C@]12CCC(OCCO)CC1=CC[C@@H]1[C@H]2CC[C@@]2(C)[C@H]1CCC2(O)c1ccc(Cl)cc1. The molecular weight excluding hydrogens is 408 g/mol. The van der Waals surface area contributed by atoms with Gasteiger partial charge in [-0.2, -0.15) is 0 Å². The van der Waals surface area contributed by atoms with Crippen molar-refractivity contribution in [2.75, 3.05) is 13.2 Å². The van der Waals surface area contributed by atoms with Gasteiger partial charge >= 0.3 is 0 Å². The maximum Gasteiger partial charge on any atom is 0.0952 e. The lowest BCUT2D eigenvalue weighted by Gasteiger charge is -2.59. The zero-order valence-corrected chi connectivity index (χ0v) is 19.7. The van der Waals surface area contributed by atoms with Gasteiger partial charge in [-0.3, -0.25) is 0 Å². The number of benzene rings is 1. The molecule has 4 aliphatic rings. The highest BCUT2D eigenvalue weighted by molar-refractivity contribution is 6.30. The molecule has 0 saturated heterocycles. The van der Waals surface area contributed by atoms with Crippen LogP contribution in [0.25, 0.3) is 0 Å². The Balaban J connectivity index is 1.41. The van der Waals surface area contributed by atoms with Gasteiger partial charge in [0.25, 0.3) is 0 Å². The van der Waals surface area contributed by atoms with E-state index < -0.39 is 5.60 Å². The number of aliphatic hydroxyl groups is 2. The predicted molar refractivity (Wildman–Crippen MR) is 124 cm³/mol. The van der Waals surface area contributed by atoms with Crippen molar-refractivity contribution in [3.05, 3.63) is 46.5 Å². The first-order valence-corrected chi connectivity index (χ1v) is 12.6. The van der Waals surface area contributed by atoms with Gasteiger partial charge in [-0.25, -0.2) is 0 Å². The maximum absolute atomic E-state index is 12.0. The van der Waals surface area contributed by atoms with Crippen LogP contribution < -0.4 is 0 Å². The third kappa shape index (κ3) is 3.26. The summed E-state index contributed by atoms with van der Waals surface area (Å²) < 4.78 is 5.90. The zero-order chi connectivity index (χ0) is 21.9. The van der Waals surface area contributed by atoms with Crippen molar-refractivity contribution in [2.45, 2.75) is 76.9 Å². The summed E-state index contributed by atoms with van der Waals surface area (Å²) in [5.41, 5.74) is 2.07. The van der Waals surface area contributed by atoms with Gasteiger partial charge in [0, 0.05) is 10.4 Å². The molecule has 7 atom stereocenters. The Morgan fingerprint density at radius 3 is 2.52 bits per heavy atom. The molecule has 170 valence electrons. The maximum atomic E-state index is 12.0. The van der Waals surface area contributed by atoms with E-state index in [9.17, 15) is 5.11 Å². The fourth-order valence-corrected chi connectivity index (χ4v) is 8.33. The van der Waals surface area contributed by atoms with Gasteiger partial charge in [-0.05, 0) is 92.2 Å². The van der Waals surface area contributed by atoms with Crippen molar-refractivity contribution in [1.29, 1.82) is 0 Å². The lowest BCUT2D eigenvalue weighted by molar-refractivity contribution is -0.130. The number of fused-ring (bicyclic) bond motifs is 5. The molecule has 3 nitrogen and oxygen atoms in total. The average molecular weight is 445 g/mol. The van der Waals surface area contributed by atoms with Gasteiger partial charge in [-0.1, -0.05) is 49.2 Å². The van der Waals surface area contributed by atoms with Crippen molar-refractivity contribution >= 4 is 11.6 Å². The highest BCUT2D eigenvalue weighted by atomic mass is 35.5. The minimum absolute atomic E-state index is 0.0782. The number of allylic oxidation sites excluding steroid dienone is 1. The predicted octanol–water partition coefficient (Wildman–Crippen LogP) is 5.87. The molecule has 2 unspecified atom stereocenters. The molecule has 2 N–H and O–H groups in total. The first-order chi connectivity index (χ1) is 14.8. The van der Waals surface area contributed by atoms with Crippen LogP contribution in [0.2, 0.25) is 5.02 Å². The van der Waals surface area contributed by atoms with Crippen molar-refractivity contribution < 1.29 is 14.9 Å². The number of hydrogen-bond donors (Lipinski definition) is 2. The van der Waals surface area contributed by atoms with Crippen LogP contribution in [0.15, 0.2) is 35.9 Å². The van der Waals surface area contributed by atoms with E-state index >= 15 is 0 Å². The first-order valence-electron chi connectivity index (χ1n) is 12.2. The molecule has 5 rings (SSSR count). The summed E-state index contributed by atoms with van der Waals surface area (Å²) in [5, 5.41) is 21.9. The minimum Gasteiger partial charge on any atom is -0.394 e. The summed E-state index contributed by atoms with van der Waals surface area (Å²) in [7, 11) is 0. The largest absolute Gasteiger partial charge is 0.394 e. The van der Waals surface area contributed by atoms with Crippen LogP contribution in [0.1, 0.15) is 70.8 Å². The van der Waals surface area contributed by atoms with E-state index in [-0.39, 0.29) is 23.5 Å². The van der Waals surface area contributed by atoms with E-state index in [1.54, 1.807) is 5.57 Å². The van der Waals surface area contributed by atoms with Gasteiger partial charge in [-0.15, -0.1) is 0 Å². The number of ether oxygens (including phenoxy) is 1. The molecule has 0 bridgehead atoms. The highest BCUT2D eigenvalue weighted by Gasteiger charge is 2.64. The summed E-state index contributed by atoms with van der Waals surface area (Å²) >= 11 is 6.14. The molecule has 4 heteroatoms. The van der Waals surface area contributed by atoms with Gasteiger partial charge in [0.2, 0.25) is 0 Å². The number of halogens is 1. The van der Waals surface area contributed by atoms with Crippen molar-refractivity contribution in [1.82, 2.24) is 0 Å². The van der Waals surface area contributed by atoms with E-state index in [4.69, 9.17) is 21.4 Å². The molecule has 3 fully saturated rings. The van der Waals surface area contributed by atoms with E-state index in [0.717, 1.165) is 49.1 Å². The van der Waals surface area contributed by atoms with Crippen molar-refractivity contribution in [3.8, 4) is 0 Å². The zero-order valence-electron chi connectivity index (χ0n) is 18.9. The first kappa shape index (κ1) is 21.9. The van der Waals surface area contributed by atoms with E-state index in [0.29, 0.717) is 24.4 Å². The summed E-state index contributed by atoms with van der Waals surface area (Å²) in [5.74, 6) is 1.92. The Morgan fingerprint density at radius 1 is 1.03 bits per heavy atom. The van der Waals surface area contributed by atoms with Gasteiger partial charge in [0.05, 0.1) is 24.9 Å². The Bertz CT molecular complexity index is 851. The molecule has 0 aliphatic heterocycles. The molecule has 0 radical (unpaired) electrons. The topological polar surface area (TPSA) is 49.7 Å². The fraction of sp³-hybridized carbons (Fsp3) is 0.704. The van der Waals surface area contributed by atoms with Crippen LogP contribution in [0.3, 0.4) is 0 Å². The van der Waals surface area contributed by atoms with Crippen LogP contribution in [0, 0.1) is 28.6 Å². The molecule has 0 spiro atoms. The summed E-state index contributed by atoms with van der Waals surface area (Å²) in [6, 6.07) is 7.92. The Morgan fingerprint density at radius 2 is 1.77 bits per heavy atom. The smallest absolute Gasteiger partial charge is 0.0952 e. The minimum atomic E-state index is -0.756.